The Hall–Kier alpha value is -4.43. The van der Waals surface area contributed by atoms with E-state index in [0.717, 1.165) is 39.6 Å². The van der Waals surface area contributed by atoms with Crippen LogP contribution in [0.15, 0.2) is 73.2 Å². The molecule has 9 nitrogen and oxygen atoms in total. The van der Waals surface area contributed by atoms with E-state index < -0.39 is 0 Å². The molecule has 2 aliphatic rings. The molecule has 218 valence electrons. The molecule has 1 amide bonds. The summed E-state index contributed by atoms with van der Waals surface area (Å²) in [6, 6.07) is 21.1. The van der Waals surface area contributed by atoms with Gasteiger partial charge in [0.1, 0.15) is 12.4 Å². The Balaban J connectivity index is 0.999. The van der Waals surface area contributed by atoms with Crippen LogP contribution in [-0.4, -0.2) is 70.5 Å². The third kappa shape index (κ3) is 6.34. The summed E-state index contributed by atoms with van der Waals surface area (Å²) in [4.78, 5) is 24.0. The first-order chi connectivity index (χ1) is 21.2. The fourth-order valence-electron chi connectivity index (χ4n) is 5.53. The number of anilines is 2. The minimum absolute atomic E-state index is 0.0388. The van der Waals surface area contributed by atoms with Crippen LogP contribution in [0.4, 0.5) is 16.3 Å². The van der Waals surface area contributed by atoms with Gasteiger partial charge in [0, 0.05) is 55.4 Å². The maximum absolute atomic E-state index is 12.4. The van der Waals surface area contributed by atoms with E-state index in [2.05, 4.69) is 97.8 Å². The Bertz CT molecular complexity index is 1800. The maximum Gasteiger partial charge on any atom is 0.410 e. The number of aromatic nitrogens is 3. The second kappa shape index (κ2) is 12.4. The van der Waals surface area contributed by atoms with E-state index in [9.17, 15) is 4.79 Å². The Morgan fingerprint density at radius 3 is 2.88 bits per heavy atom. The van der Waals surface area contributed by atoms with Crippen LogP contribution in [0.5, 0.6) is 0 Å². The molecular formula is C33H32N6O3S. The van der Waals surface area contributed by atoms with Crippen molar-refractivity contribution in [3.63, 3.8) is 0 Å². The fourth-order valence-corrected chi connectivity index (χ4v) is 6.45. The Morgan fingerprint density at radius 1 is 1.12 bits per heavy atom. The summed E-state index contributed by atoms with van der Waals surface area (Å²) in [5.41, 5.74) is 4.38. The van der Waals surface area contributed by atoms with Gasteiger partial charge >= 0.3 is 6.09 Å². The van der Waals surface area contributed by atoms with E-state index in [1.807, 2.05) is 6.07 Å². The number of nitrogens with zero attached hydrogens (tertiary/aromatic N) is 4. The van der Waals surface area contributed by atoms with E-state index in [1.54, 1.807) is 22.6 Å². The molecule has 5 heterocycles. The highest BCUT2D eigenvalue weighted by Crippen LogP contribution is 2.31. The number of carbonyl (C=O) groups is 1. The molecule has 5 aromatic rings. The van der Waals surface area contributed by atoms with Crippen molar-refractivity contribution in [1.82, 2.24) is 24.8 Å². The zero-order valence-electron chi connectivity index (χ0n) is 23.7. The quantitative estimate of drug-likeness (QED) is 0.263. The molecule has 2 fully saturated rings. The summed E-state index contributed by atoms with van der Waals surface area (Å²) in [6.45, 7) is 3.80. The van der Waals surface area contributed by atoms with E-state index in [4.69, 9.17) is 9.47 Å². The van der Waals surface area contributed by atoms with Crippen molar-refractivity contribution in [3.8, 4) is 11.8 Å². The third-order valence-electron chi connectivity index (χ3n) is 7.83. The molecule has 2 aromatic carbocycles. The van der Waals surface area contributed by atoms with Crippen molar-refractivity contribution < 1.29 is 14.3 Å². The number of benzene rings is 2. The highest BCUT2D eigenvalue weighted by Gasteiger charge is 2.28. The van der Waals surface area contributed by atoms with Crippen molar-refractivity contribution in [3.05, 3.63) is 83.6 Å². The summed E-state index contributed by atoms with van der Waals surface area (Å²) in [5.74, 6) is 7.37. The lowest BCUT2D eigenvalue weighted by Gasteiger charge is -2.27. The average molecular weight is 593 g/mol. The van der Waals surface area contributed by atoms with Gasteiger partial charge in [0.25, 0.3) is 0 Å². The lowest BCUT2D eigenvalue weighted by atomic mass is 10.1. The van der Waals surface area contributed by atoms with Crippen LogP contribution < -0.4 is 10.6 Å². The number of ether oxygens (including phenoxy) is 2. The largest absolute Gasteiger partial charge is 0.445 e. The predicted octanol–water partition coefficient (Wildman–Crippen LogP) is 5.18. The SMILES string of the molecule is O=C(OC1CNC(C#Cc2cc3ncnc(Nc4ccc5c(ccn5CCc5ccccc5)c4)c3s2)C1)N1CCOCC1. The summed E-state index contributed by atoms with van der Waals surface area (Å²) in [7, 11) is 0. The van der Waals surface area contributed by atoms with Gasteiger partial charge in [-0.15, -0.1) is 11.3 Å². The second-order valence-electron chi connectivity index (χ2n) is 10.8. The third-order valence-corrected chi connectivity index (χ3v) is 8.87. The van der Waals surface area contributed by atoms with Crippen LogP contribution in [0, 0.1) is 11.8 Å². The first-order valence-corrected chi connectivity index (χ1v) is 15.4. The normalized spacial score (nSPS) is 18.5. The van der Waals surface area contributed by atoms with Crippen molar-refractivity contribution in [1.29, 1.82) is 0 Å². The first-order valence-electron chi connectivity index (χ1n) is 14.6. The minimum Gasteiger partial charge on any atom is -0.445 e. The van der Waals surface area contributed by atoms with Crippen molar-refractivity contribution in [2.24, 2.45) is 0 Å². The highest BCUT2D eigenvalue weighted by atomic mass is 32.1. The van der Waals surface area contributed by atoms with E-state index in [1.165, 1.54) is 16.5 Å². The van der Waals surface area contributed by atoms with E-state index in [0.29, 0.717) is 39.3 Å². The van der Waals surface area contributed by atoms with Crippen LogP contribution in [-0.2, 0) is 22.4 Å². The molecule has 2 saturated heterocycles. The molecule has 10 heteroatoms. The number of morpholine rings is 1. The topological polar surface area (TPSA) is 93.5 Å². The molecule has 0 radical (unpaired) electrons. The Kier molecular flexibility index (Phi) is 7.92. The van der Waals surface area contributed by atoms with Gasteiger partial charge in [0.05, 0.1) is 34.3 Å². The summed E-state index contributed by atoms with van der Waals surface area (Å²) in [6.07, 6.45) is 4.94. The van der Waals surface area contributed by atoms with Gasteiger partial charge in [0.2, 0.25) is 0 Å². The first kappa shape index (κ1) is 27.4. The average Bonchev–Trinajstić information content (AvgIpc) is 3.78. The number of hydrogen-bond acceptors (Lipinski definition) is 8. The van der Waals surface area contributed by atoms with E-state index in [-0.39, 0.29) is 18.2 Å². The number of thiophene rings is 1. The summed E-state index contributed by atoms with van der Waals surface area (Å²) in [5, 5.41) is 8.04. The van der Waals surface area contributed by atoms with Gasteiger partial charge < -0.3 is 24.3 Å². The summed E-state index contributed by atoms with van der Waals surface area (Å²) >= 11 is 1.57. The molecule has 2 unspecified atom stereocenters. The van der Waals surface area contributed by atoms with Gasteiger partial charge in [-0.05, 0) is 42.3 Å². The number of aryl methyl sites for hydroxylation is 2. The Morgan fingerprint density at radius 2 is 2.00 bits per heavy atom. The number of fused-ring (bicyclic) bond motifs is 2. The lowest BCUT2D eigenvalue weighted by molar-refractivity contribution is 0.0156. The smallest absolute Gasteiger partial charge is 0.410 e. The molecule has 0 aliphatic carbocycles. The highest BCUT2D eigenvalue weighted by molar-refractivity contribution is 7.20. The molecule has 0 saturated carbocycles. The zero-order valence-corrected chi connectivity index (χ0v) is 24.5. The molecule has 0 bridgehead atoms. The molecule has 43 heavy (non-hydrogen) atoms. The van der Waals surface area contributed by atoms with Gasteiger partial charge in [-0.3, -0.25) is 5.32 Å². The zero-order chi connectivity index (χ0) is 29.0. The maximum atomic E-state index is 12.4. The number of carbonyl (C=O) groups excluding carboxylic acids is 1. The second-order valence-corrected chi connectivity index (χ2v) is 11.8. The van der Waals surface area contributed by atoms with Crippen LogP contribution in [0.2, 0.25) is 0 Å². The van der Waals surface area contributed by atoms with Gasteiger partial charge in [-0.25, -0.2) is 14.8 Å². The lowest BCUT2D eigenvalue weighted by Crippen LogP contribution is -2.42. The monoisotopic (exact) mass is 592 g/mol. The Labute approximate surface area is 253 Å². The van der Waals surface area contributed by atoms with Gasteiger partial charge in [-0.1, -0.05) is 42.2 Å². The predicted molar refractivity (Wildman–Crippen MR) is 169 cm³/mol. The van der Waals surface area contributed by atoms with Crippen LogP contribution in [0.1, 0.15) is 16.9 Å². The van der Waals surface area contributed by atoms with E-state index >= 15 is 0 Å². The number of hydrogen-bond donors (Lipinski definition) is 2. The van der Waals surface area contributed by atoms with Crippen molar-refractivity contribution >= 4 is 50.1 Å². The van der Waals surface area contributed by atoms with Gasteiger partial charge in [0.15, 0.2) is 5.82 Å². The number of amides is 1. The van der Waals surface area contributed by atoms with Crippen molar-refractivity contribution in [2.75, 3.05) is 38.2 Å². The molecule has 3 aromatic heterocycles. The number of nitrogens with one attached hydrogen (secondary N) is 2. The molecule has 7 rings (SSSR count). The molecule has 0 spiro atoms. The summed E-state index contributed by atoms with van der Waals surface area (Å²) < 4.78 is 14.3. The fraction of sp³-hybridized carbons (Fsp3) is 0.303. The van der Waals surface area contributed by atoms with Crippen LogP contribution in [0.25, 0.3) is 21.1 Å². The molecule has 2 atom stereocenters. The number of rotatable bonds is 6. The molecular weight excluding hydrogens is 560 g/mol. The standard InChI is InChI=1S/C33H32N6O3S/c40-33(39-14-16-41-17-15-39)42-27-19-25(34-21-27)6-8-28-20-29-31(43-28)32(36-22-35-29)37-26-7-9-30-24(18-26)11-13-38(30)12-10-23-4-2-1-3-5-23/h1-5,7,9,11,13,18,20,22,25,27,34H,10,12,14-17,19,21H2,(H,35,36,37). The molecule has 2 aliphatic heterocycles. The molecule has 2 N–H and O–H groups in total. The van der Waals surface area contributed by atoms with Crippen LogP contribution in [0.3, 0.4) is 0 Å². The van der Waals surface area contributed by atoms with Crippen LogP contribution >= 0.6 is 11.3 Å². The van der Waals surface area contributed by atoms with Crippen molar-refractivity contribution in [2.45, 2.75) is 31.5 Å². The van der Waals surface area contributed by atoms with Gasteiger partial charge in [-0.2, -0.15) is 0 Å². The minimum atomic E-state index is -0.272.